The summed E-state index contributed by atoms with van der Waals surface area (Å²) in [5.74, 6) is -0.268. The number of nitrogens with one attached hydrogen (secondary N) is 1. The molecule has 6 heteroatoms. The van der Waals surface area contributed by atoms with Crippen LogP contribution >= 0.6 is 0 Å². The van der Waals surface area contributed by atoms with Gasteiger partial charge in [-0.2, -0.15) is 5.10 Å². The zero-order chi connectivity index (χ0) is 21.9. The summed E-state index contributed by atoms with van der Waals surface area (Å²) in [5.41, 5.74) is 5.38. The van der Waals surface area contributed by atoms with Gasteiger partial charge < -0.3 is 10.1 Å². The summed E-state index contributed by atoms with van der Waals surface area (Å²) in [7, 11) is 1.41. The number of aromatic nitrogens is 2. The maximum Gasteiger partial charge on any atom is 0.305 e. The number of methoxy groups -OCH3 is 1. The van der Waals surface area contributed by atoms with Gasteiger partial charge in [0.15, 0.2) is 0 Å². The van der Waals surface area contributed by atoms with Crippen LogP contribution in [-0.4, -0.2) is 35.3 Å². The topological polar surface area (TPSA) is 73.2 Å². The van der Waals surface area contributed by atoms with E-state index in [2.05, 4.69) is 46.3 Å². The molecule has 0 aliphatic heterocycles. The van der Waals surface area contributed by atoms with Crippen molar-refractivity contribution in [3.63, 3.8) is 0 Å². The highest BCUT2D eigenvalue weighted by atomic mass is 16.5. The van der Waals surface area contributed by atoms with E-state index in [9.17, 15) is 9.59 Å². The molecule has 2 aromatic rings. The number of nitrogens with zero attached hydrogens (tertiary/aromatic N) is 2. The van der Waals surface area contributed by atoms with Crippen molar-refractivity contribution in [1.82, 2.24) is 15.1 Å². The Morgan fingerprint density at radius 1 is 1.07 bits per heavy atom. The van der Waals surface area contributed by atoms with E-state index in [1.54, 1.807) is 6.08 Å². The van der Waals surface area contributed by atoms with Crippen LogP contribution in [-0.2, 0) is 20.9 Å². The number of ether oxygens (including phenoxy) is 1. The molecule has 1 heterocycles. The van der Waals surface area contributed by atoms with Crippen LogP contribution in [0, 0.1) is 20.8 Å². The predicted molar refractivity (Wildman–Crippen MR) is 119 cm³/mol. The van der Waals surface area contributed by atoms with Gasteiger partial charge in [-0.25, -0.2) is 0 Å². The van der Waals surface area contributed by atoms with Crippen LogP contribution in [0.5, 0.6) is 0 Å². The summed E-state index contributed by atoms with van der Waals surface area (Å²) in [4.78, 5) is 23.1. The van der Waals surface area contributed by atoms with Crippen LogP contribution in [0.4, 0.5) is 0 Å². The van der Waals surface area contributed by atoms with Crippen LogP contribution in [0.15, 0.2) is 30.3 Å². The summed E-state index contributed by atoms with van der Waals surface area (Å²) in [6.45, 7) is 7.41. The Labute approximate surface area is 179 Å². The zero-order valence-corrected chi connectivity index (χ0v) is 18.5. The average Bonchev–Trinajstić information content (AvgIpc) is 2.99. The van der Waals surface area contributed by atoms with Crippen LogP contribution in [0.2, 0.25) is 0 Å². The summed E-state index contributed by atoms with van der Waals surface area (Å²) in [6, 6.07) is 8.44. The number of carbonyl (C=O) groups is 2. The Morgan fingerprint density at radius 3 is 2.47 bits per heavy atom. The Bertz CT molecular complexity index is 867. The lowest BCUT2D eigenvalue weighted by Gasteiger charge is -2.05. The minimum atomic E-state index is -0.166. The standard InChI is InChI=1S/C24H33N3O3/c1-18-10-12-21(13-11-18)17-27-20(3)22(19(2)26-27)14-15-23(28)25-16-8-6-5-7-9-24(29)30-4/h10-15H,5-9,16-17H2,1-4H3,(H,25,28)/b15-14+. The molecule has 0 aliphatic rings. The van der Waals surface area contributed by atoms with Gasteiger partial charge >= 0.3 is 5.97 Å². The molecule has 0 unspecified atom stereocenters. The molecule has 0 atom stereocenters. The molecular weight excluding hydrogens is 378 g/mol. The van der Waals surface area contributed by atoms with Crippen molar-refractivity contribution < 1.29 is 14.3 Å². The summed E-state index contributed by atoms with van der Waals surface area (Å²) < 4.78 is 6.59. The molecule has 0 saturated carbocycles. The number of aryl methyl sites for hydroxylation is 2. The van der Waals surface area contributed by atoms with Crippen molar-refractivity contribution in [1.29, 1.82) is 0 Å². The molecule has 0 saturated heterocycles. The van der Waals surface area contributed by atoms with Crippen LogP contribution < -0.4 is 5.32 Å². The average molecular weight is 412 g/mol. The molecule has 0 fully saturated rings. The highest BCUT2D eigenvalue weighted by molar-refractivity contribution is 5.91. The van der Waals surface area contributed by atoms with Gasteiger partial charge in [-0.05, 0) is 45.3 Å². The van der Waals surface area contributed by atoms with Gasteiger partial charge in [-0.1, -0.05) is 42.7 Å². The number of hydrogen-bond donors (Lipinski definition) is 1. The van der Waals surface area contributed by atoms with E-state index in [-0.39, 0.29) is 11.9 Å². The van der Waals surface area contributed by atoms with Gasteiger partial charge in [-0.3, -0.25) is 14.3 Å². The molecule has 0 bridgehead atoms. The lowest BCUT2D eigenvalue weighted by atomic mass is 10.1. The van der Waals surface area contributed by atoms with Gasteiger partial charge in [0.1, 0.15) is 0 Å². The van der Waals surface area contributed by atoms with Gasteiger partial charge in [-0.15, -0.1) is 0 Å². The maximum absolute atomic E-state index is 12.1. The van der Waals surface area contributed by atoms with E-state index in [1.165, 1.54) is 18.2 Å². The van der Waals surface area contributed by atoms with Gasteiger partial charge in [0.25, 0.3) is 0 Å². The fraction of sp³-hybridized carbons (Fsp3) is 0.458. The smallest absolute Gasteiger partial charge is 0.305 e. The Kier molecular flexibility index (Phi) is 9.32. The lowest BCUT2D eigenvalue weighted by molar-refractivity contribution is -0.140. The fourth-order valence-electron chi connectivity index (χ4n) is 3.25. The van der Waals surface area contributed by atoms with Crippen molar-refractivity contribution in [2.45, 2.75) is 59.4 Å². The monoisotopic (exact) mass is 411 g/mol. The molecule has 2 rings (SSSR count). The Balaban J connectivity index is 1.78. The highest BCUT2D eigenvalue weighted by Gasteiger charge is 2.10. The summed E-state index contributed by atoms with van der Waals surface area (Å²) in [5, 5.41) is 7.54. The number of esters is 1. The van der Waals surface area contributed by atoms with E-state index >= 15 is 0 Å². The molecule has 1 amide bonds. The predicted octanol–water partition coefficient (Wildman–Crippen LogP) is 4.11. The normalized spacial score (nSPS) is 11.1. The number of unbranched alkanes of at least 4 members (excludes halogenated alkanes) is 3. The number of benzene rings is 1. The van der Waals surface area contributed by atoms with Crippen LogP contribution in [0.3, 0.4) is 0 Å². The molecule has 0 spiro atoms. The maximum atomic E-state index is 12.1. The molecule has 1 aromatic heterocycles. The number of rotatable bonds is 11. The zero-order valence-electron chi connectivity index (χ0n) is 18.5. The highest BCUT2D eigenvalue weighted by Crippen LogP contribution is 2.16. The summed E-state index contributed by atoms with van der Waals surface area (Å²) in [6.07, 6.45) is 7.53. The first-order valence-electron chi connectivity index (χ1n) is 10.5. The molecule has 1 N–H and O–H groups in total. The minimum absolute atomic E-state index is 0.102. The number of hydrogen-bond acceptors (Lipinski definition) is 4. The Hall–Kier alpha value is -2.89. The van der Waals surface area contributed by atoms with Crippen molar-refractivity contribution >= 4 is 18.0 Å². The fourth-order valence-corrected chi connectivity index (χ4v) is 3.25. The van der Waals surface area contributed by atoms with E-state index in [0.717, 1.165) is 42.6 Å². The molecule has 1 aromatic carbocycles. The van der Waals surface area contributed by atoms with Crippen molar-refractivity contribution in [2.75, 3.05) is 13.7 Å². The second-order valence-corrected chi connectivity index (χ2v) is 7.59. The molecular formula is C24H33N3O3. The SMILES string of the molecule is COC(=O)CCCCCCNC(=O)/C=C/c1c(C)nn(Cc2ccc(C)cc2)c1C. The first-order chi connectivity index (χ1) is 14.4. The van der Waals surface area contributed by atoms with Crippen LogP contribution in [0.25, 0.3) is 6.08 Å². The number of amides is 1. The summed E-state index contributed by atoms with van der Waals surface area (Å²) >= 11 is 0. The van der Waals surface area contributed by atoms with Gasteiger partial charge in [0.2, 0.25) is 5.91 Å². The second kappa shape index (κ2) is 12.0. The molecule has 30 heavy (non-hydrogen) atoms. The first kappa shape index (κ1) is 23.4. The lowest BCUT2D eigenvalue weighted by Crippen LogP contribution is -2.22. The third kappa shape index (κ3) is 7.50. The molecule has 0 aliphatic carbocycles. The van der Waals surface area contributed by atoms with Crippen LogP contribution in [0.1, 0.15) is 60.2 Å². The van der Waals surface area contributed by atoms with E-state index < -0.39 is 0 Å². The van der Waals surface area contributed by atoms with E-state index in [4.69, 9.17) is 0 Å². The third-order valence-corrected chi connectivity index (χ3v) is 5.13. The van der Waals surface area contributed by atoms with Crippen molar-refractivity contribution in [3.8, 4) is 0 Å². The largest absolute Gasteiger partial charge is 0.469 e. The van der Waals surface area contributed by atoms with Crippen molar-refractivity contribution in [3.05, 3.63) is 58.4 Å². The second-order valence-electron chi connectivity index (χ2n) is 7.59. The van der Waals surface area contributed by atoms with E-state index in [0.29, 0.717) is 19.5 Å². The van der Waals surface area contributed by atoms with E-state index in [1.807, 2.05) is 24.6 Å². The van der Waals surface area contributed by atoms with Gasteiger partial charge in [0.05, 0.1) is 19.3 Å². The molecule has 6 nitrogen and oxygen atoms in total. The first-order valence-corrected chi connectivity index (χ1v) is 10.5. The van der Waals surface area contributed by atoms with Crippen molar-refractivity contribution in [2.24, 2.45) is 0 Å². The quantitative estimate of drug-likeness (QED) is 0.343. The molecule has 0 radical (unpaired) electrons. The molecule has 162 valence electrons. The minimum Gasteiger partial charge on any atom is -0.469 e. The Morgan fingerprint density at radius 2 is 1.77 bits per heavy atom. The third-order valence-electron chi connectivity index (χ3n) is 5.13. The number of carbonyl (C=O) groups excluding carboxylic acids is 2. The van der Waals surface area contributed by atoms with Gasteiger partial charge in [0, 0.05) is 30.3 Å².